The fraction of sp³-hybridized carbons (Fsp3) is 0.400. The Balaban J connectivity index is 0.00000208. The molecule has 1 unspecified atom stereocenters. The van der Waals surface area contributed by atoms with Crippen LogP contribution in [0.5, 0.6) is 0 Å². The Morgan fingerprint density at radius 1 is 1.04 bits per heavy atom. The van der Waals surface area contributed by atoms with Crippen molar-refractivity contribution in [2.75, 3.05) is 13.1 Å². The molecule has 0 bridgehead atoms. The number of hydrogen-bond acceptors (Lipinski definition) is 2. The minimum absolute atomic E-state index is 0. The lowest BCUT2D eigenvalue weighted by Gasteiger charge is -2.18. The number of para-hydroxylation sites is 1. The summed E-state index contributed by atoms with van der Waals surface area (Å²) >= 11 is 0. The van der Waals surface area contributed by atoms with E-state index in [0.29, 0.717) is 19.5 Å². The molecule has 2 nitrogen and oxygen atoms in total. The largest absolute Gasteiger partial charge is 0.433 e. The zero-order chi connectivity index (χ0) is 16.8. The molecule has 1 fully saturated rings. The van der Waals surface area contributed by atoms with Crippen LogP contribution in [0.3, 0.4) is 0 Å². The van der Waals surface area contributed by atoms with Crippen LogP contribution in [0.15, 0.2) is 24.3 Å². The van der Waals surface area contributed by atoms with Crippen molar-refractivity contribution in [3.8, 4) is 0 Å². The molecule has 0 radical (unpaired) electrons. The number of fused-ring (bicyclic) bond motifs is 1. The molecule has 2 heterocycles. The van der Waals surface area contributed by atoms with E-state index in [2.05, 4.69) is 10.3 Å². The van der Waals surface area contributed by atoms with Gasteiger partial charge in [0.1, 0.15) is 5.69 Å². The Kier molecular flexibility index (Phi) is 5.01. The highest BCUT2D eigenvalue weighted by Crippen LogP contribution is 2.40. The fourth-order valence-corrected chi connectivity index (χ4v) is 2.91. The van der Waals surface area contributed by atoms with E-state index in [9.17, 15) is 26.3 Å². The molecular formula is C15H13ClF6N2. The van der Waals surface area contributed by atoms with Gasteiger partial charge in [0.05, 0.1) is 11.1 Å². The molecule has 1 aliphatic rings. The summed E-state index contributed by atoms with van der Waals surface area (Å²) in [4.78, 5) is 3.28. The Hall–Kier alpha value is -1.54. The monoisotopic (exact) mass is 370 g/mol. The zero-order valence-corrected chi connectivity index (χ0v) is 12.9. The van der Waals surface area contributed by atoms with Crippen molar-refractivity contribution in [1.82, 2.24) is 10.3 Å². The van der Waals surface area contributed by atoms with Crippen molar-refractivity contribution in [2.24, 2.45) is 0 Å². The number of aromatic nitrogens is 1. The molecule has 1 saturated heterocycles. The first kappa shape index (κ1) is 18.8. The van der Waals surface area contributed by atoms with E-state index in [1.807, 2.05) is 0 Å². The number of nitrogens with zero attached hydrogens (tertiary/aromatic N) is 1. The molecule has 1 aliphatic heterocycles. The molecule has 24 heavy (non-hydrogen) atoms. The first-order valence-electron chi connectivity index (χ1n) is 6.96. The molecule has 1 atom stereocenters. The molecule has 9 heteroatoms. The van der Waals surface area contributed by atoms with Crippen molar-refractivity contribution >= 4 is 23.3 Å². The summed E-state index contributed by atoms with van der Waals surface area (Å²) in [6, 6.07) is 4.23. The zero-order valence-electron chi connectivity index (χ0n) is 12.1. The van der Waals surface area contributed by atoms with Crippen molar-refractivity contribution in [3.63, 3.8) is 0 Å². The Morgan fingerprint density at radius 2 is 1.75 bits per heavy atom. The number of hydrogen-bond donors (Lipinski definition) is 1. The summed E-state index contributed by atoms with van der Waals surface area (Å²) in [7, 11) is 0. The maximum absolute atomic E-state index is 13.1. The van der Waals surface area contributed by atoms with Gasteiger partial charge in [-0.15, -0.1) is 12.4 Å². The van der Waals surface area contributed by atoms with Crippen LogP contribution in [0.4, 0.5) is 26.3 Å². The van der Waals surface area contributed by atoms with Crippen molar-refractivity contribution in [2.45, 2.75) is 24.7 Å². The van der Waals surface area contributed by atoms with Gasteiger partial charge in [0.15, 0.2) is 0 Å². The molecule has 3 rings (SSSR count). The highest BCUT2D eigenvalue weighted by Gasteiger charge is 2.38. The highest BCUT2D eigenvalue weighted by atomic mass is 35.5. The third-order valence-corrected chi connectivity index (χ3v) is 3.97. The lowest BCUT2D eigenvalue weighted by molar-refractivity contribution is -0.142. The van der Waals surface area contributed by atoms with Crippen LogP contribution in [0, 0.1) is 0 Å². The van der Waals surface area contributed by atoms with Gasteiger partial charge in [-0.1, -0.05) is 12.1 Å². The molecule has 1 aromatic carbocycles. The predicted molar refractivity (Wildman–Crippen MR) is 79.2 cm³/mol. The molecule has 0 spiro atoms. The Morgan fingerprint density at radius 3 is 2.29 bits per heavy atom. The maximum Gasteiger partial charge on any atom is 0.433 e. The fourth-order valence-electron chi connectivity index (χ4n) is 2.91. The van der Waals surface area contributed by atoms with Crippen molar-refractivity contribution < 1.29 is 26.3 Å². The van der Waals surface area contributed by atoms with Gasteiger partial charge in [0.2, 0.25) is 0 Å². The van der Waals surface area contributed by atoms with Crippen molar-refractivity contribution in [1.29, 1.82) is 0 Å². The summed E-state index contributed by atoms with van der Waals surface area (Å²) in [5, 5.41) is 3.14. The normalized spacial score (nSPS) is 18.7. The molecule has 1 aromatic heterocycles. The second-order valence-corrected chi connectivity index (χ2v) is 5.48. The van der Waals surface area contributed by atoms with E-state index in [1.54, 1.807) is 0 Å². The summed E-state index contributed by atoms with van der Waals surface area (Å²) in [6.45, 7) is 1.06. The molecule has 2 aromatic rings. The number of alkyl halides is 6. The quantitative estimate of drug-likeness (QED) is 0.731. The molecule has 0 amide bonds. The predicted octanol–water partition coefficient (Wildman–Crippen LogP) is 4.77. The third kappa shape index (κ3) is 3.44. The number of pyridine rings is 1. The van der Waals surface area contributed by atoms with Gasteiger partial charge in [-0.3, -0.25) is 0 Å². The standard InChI is InChI=1S/C15H12F6N2.ClH/c16-14(17,18)11-3-1-2-9-10(8-4-5-22-7-8)6-12(15(19,20)21)23-13(9)11;/h1-3,6,8,22H,4-5,7H2;1H. The van der Waals surface area contributed by atoms with Gasteiger partial charge >= 0.3 is 12.4 Å². The average molecular weight is 371 g/mol. The van der Waals surface area contributed by atoms with E-state index >= 15 is 0 Å². The molecule has 1 N–H and O–H groups in total. The number of benzene rings is 1. The third-order valence-electron chi connectivity index (χ3n) is 3.97. The summed E-state index contributed by atoms with van der Waals surface area (Å²) in [6.07, 6.45) is -8.98. The molecular weight excluding hydrogens is 358 g/mol. The number of nitrogens with one attached hydrogen (secondary N) is 1. The van der Waals surface area contributed by atoms with Gasteiger partial charge < -0.3 is 5.32 Å². The van der Waals surface area contributed by atoms with Crippen LogP contribution >= 0.6 is 12.4 Å². The van der Waals surface area contributed by atoms with E-state index in [0.717, 1.165) is 12.1 Å². The SMILES string of the molecule is Cl.FC(F)(F)c1cc(C2CCNC2)c2cccc(C(F)(F)F)c2n1. The minimum Gasteiger partial charge on any atom is -0.316 e. The number of halogens is 7. The maximum atomic E-state index is 13.1. The second-order valence-electron chi connectivity index (χ2n) is 5.48. The van der Waals surface area contributed by atoms with E-state index in [-0.39, 0.29) is 29.3 Å². The first-order chi connectivity index (χ1) is 10.7. The second kappa shape index (κ2) is 6.40. The smallest absolute Gasteiger partial charge is 0.316 e. The van der Waals surface area contributed by atoms with Gasteiger partial charge in [-0.25, -0.2) is 4.98 Å². The summed E-state index contributed by atoms with van der Waals surface area (Å²) in [5.41, 5.74) is -2.81. The average Bonchev–Trinajstić information content (AvgIpc) is 2.97. The lowest BCUT2D eigenvalue weighted by atomic mass is 9.92. The van der Waals surface area contributed by atoms with Gasteiger partial charge in [0, 0.05) is 11.9 Å². The highest BCUT2D eigenvalue weighted by molar-refractivity contribution is 5.86. The minimum atomic E-state index is -4.80. The molecule has 0 saturated carbocycles. The van der Waals surface area contributed by atoms with Gasteiger partial charge in [0.25, 0.3) is 0 Å². The van der Waals surface area contributed by atoms with E-state index in [1.165, 1.54) is 12.1 Å². The molecule has 132 valence electrons. The Labute approximate surface area is 139 Å². The van der Waals surface area contributed by atoms with Gasteiger partial charge in [-0.05, 0) is 36.6 Å². The molecule has 0 aliphatic carbocycles. The topological polar surface area (TPSA) is 24.9 Å². The Bertz CT molecular complexity index is 735. The van der Waals surface area contributed by atoms with E-state index in [4.69, 9.17) is 0 Å². The van der Waals surface area contributed by atoms with Crippen LogP contribution < -0.4 is 5.32 Å². The number of rotatable bonds is 1. The van der Waals surface area contributed by atoms with Crippen molar-refractivity contribution in [3.05, 3.63) is 41.1 Å². The summed E-state index contributed by atoms with van der Waals surface area (Å²) < 4.78 is 78.5. The van der Waals surface area contributed by atoms with Crippen LogP contribution in [0.1, 0.15) is 29.2 Å². The summed E-state index contributed by atoms with van der Waals surface area (Å²) in [5.74, 6) is -0.259. The van der Waals surface area contributed by atoms with Crippen LogP contribution in [-0.4, -0.2) is 18.1 Å². The van der Waals surface area contributed by atoms with Crippen LogP contribution in [-0.2, 0) is 12.4 Å². The van der Waals surface area contributed by atoms with Crippen LogP contribution in [0.25, 0.3) is 10.9 Å². The van der Waals surface area contributed by atoms with Gasteiger partial charge in [-0.2, -0.15) is 26.3 Å². The first-order valence-corrected chi connectivity index (χ1v) is 6.96. The van der Waals surface area contributed by atoms with Crippen LogP contribution in [0.2, 0.25) is 0 Å². The lowest BCUT2D eigenvalue weighted by Crippen LogP contribution is -2.14. The van der Waals surface area contributed by atoms with E-state index < -0.39 is 29.1 Å².